The molecule has 64 valence electrons. The van der Waals surface area contributed by atoms with E-state index < -0.39 is 8.32 Å². The van der Waals surface area contributed by atoms with E-state index in [0.29, 0.717) is 0 Å². The predicted octanol–water partition coefficient (Wildman–Crippen LogP) is 2.33. The summed E-state index contributed by atoms with van der Waals surface area (Å²) in [6.45, 7) is 9.21. The van der Waals surface area contributed by atoms with Crippen molar-refractivity contribution in [3.05, 3.63) is 12.7 Å². The Labute approximate surface area is 69.4 Å². The fourth-order valence-electron chi connectivity index (χ4n) is 0.910. The van der Waals surface area contributed by atoms with Crippen LogP contribution in [0.15, 0.2) is 12.7 Å². The lowest BCUT2D eigenvalue weighted by molar-refractivity contribution is -0.132. The van der Waals surface area contributed by atoms with Gasteiger partial charge < -0.3 is 4.43 Å². The first-order valence-electron chi connectivity index (χ1n) is 3.84. The molecular formula is C8H16O2Si. The number of allylic oxidation sites excluding steroid dienone is 1. The van der Waals surface area contributed by atoms with Crippen LogP contribution in [0.5, 0.6) is 0 Å². The second kappa shape index (κ2) is 4.33. The smallest absolute Gasteiger partial charge is 0.289 e. The summed E-state index contributed by atoms with van der Waals surface area (Å²) in [5.41, 5.74) is 0. The molecule has 0 amide bonds. The number of carbonyl (C=O) groups excluding carboxylic acids is 1. The van der Waals surface area contributed by atoms with E-state index in [9.17, 15) is 4.79 Å². The normalized spacial score (nSPS) is 15.2. The minimum absolute atomic E-state index is 0.164. The average Bonchev–Trinajstić information content (AvgIpc) is 1.87. The van der Waals surface area contributed by atoms with Crippen molar-refractivity contribution in [1.82, 2.24) is 0 Å². The van der Waals surface area contributed by atoms with Gasteiger partial charge in [0.05, 0.1) is 0 Å². The van der Waals surface area contributed by atoms with Crippen molar-refractivity contribution in [2.75, 3.05) is 0 Å². The Kier molecular flexibility index (Phi) is 4.11. The zero-order valence-electron chi connectivity index (χ0n) is 7.52. The van der Waals surface area contributed by atoms with Crippen LogP contribution in [0.2, 0.25) is 18.6 Å². The molecule has 2 nitrogen and oxygen atoms in total. The Morgan fingerprint density at radius 1 is 1.73 bits per heavy atom. The summed E-state index contributed by atoms with van der Waals surface area (Å²) < 4.78 is 5.26. The molecule has 0 rings (SSSR count). The van der Waals surface area contributed by atoms with Gasteiger partial charge in [0.2, 0.25) is 0 Å². The third kappa shape index (κ3) is 3.98. The highest BCUT2D eigenvalue weighted by Gasteiger charge is 2.27. The van der Waals surface area contributed by atoms with Crippen molar-refractivity contribution in [2.45, 2.75) is 32.5 Å². The molecule has 0 fully saturated rings. The van der Waals surface area contributed by atoms with Crippen LogP contribution in [0.25, 0.3) is 0 Å². The standard InChI is InChI=1S/C8H16O2Si/c1-5-7-11(4,6-2)10-8(3)9/h5H,1,6-7H2,2-4H3. The van der Waals surface area contributed by atoms with Crippen molar-refractivity contribution in [3.8, 4) is 0 Å². The number of hydrogen-bond donors (Lipinski definition) is 0. The second-order valence-corrected chi connectivity index (χ2v) is 7.11. The highest BCUT2D eigenvalue weighted by Crippen LogP contribution is 2.16. The van der Waals surface area contributed by atoms with E-state index in [1.807, 2.05) is 6.08 Å². The summed E-state index contributed by atoms with van der Waals surface area (Å²) in [6.07, 6.45) is 1.83. The fourth-order valence-corrected chi connectivity index (χ4v) is 2.73. The van der Waals surface area contributed by atoms with Gasteiger partial charge in [-0.05, 0) is 18.6 Å². The lowest BCUT2D eigenvalue weighted by atomic mass is 10.8. The van der Waals surface area contributed by atoms with E-state index in [-0.39, 0.29) is 5.97 Å². The van der Waals surface area contributed by atoms with Crippen LogP contribution in [-0.4, -0.2) is 14.3 Å². The van der Waals surface area contributed by atoms with Gasteiger partial charge in [-0.15, -0.1) is 6.58 Å². The molecule has 0 aliphatic carbocycles. The Balaban J connectivity index is 4.08. The number of carbonyl (C=O) groups is 1. The van der Waals surface area contributed by atoms with E-state index in [2.05, 4.69) is 20.0 Å². The average molecular weight is 172 g/mol. The Bertz CT molecular complexity index is 156. The van der Waals surface area contributed by atoms with Crippen molar-refractivity contribution in [3.63, 3.8) is 0 Å². The lowest BCUT2D eigenvalue weighted by Gasteiger charge is -2.23. The Hall–Kier alpha value is -0.573. The molecular weight excluding hydrogens is 156 g/mol. The molecule has 0 bridgehead atoms. The summed E-state index contributed by atoms with van der Waals surface area (Å²) >= 11 is 0. The van der Waals surface area contributed by atoms with Crippen LogP contribution < -0.4 is 0 Å². The Morgan fingerprint density at radius 3 is 2.55 bits per heavy atom. The van der Waals surface area contributed by atoms with E-state index in [4.69, 9.17) is 4.43 Å². The summed E-state index contributed by atoms with van der Waals surface area (Å²) in [5, 5.41) is 0. The summed E-state index contributed by atoms with van der Waals surface area (Å²) in [6, 6.07) is 1.81. The van der Waals surface area contributed by atoms with Crippen LogP contribution in [0, 0.1) is 0 Å². The maximum atomic E-state index is 10.7. The van der Waals surface area contributed by atoms with Crippen molar-refractivity contribution >= 4 is 14.3 Å². The molecule has 0 saturated carbocycles. The van der Waals surface area contributed by atoms with Gasteiger partial charge in [-0.3, -0.25) is 4.79 Å². The fraction of sp³-hybridized carbons (Fsp3) is 0.625. The van der Waals surface area contributed by atoms with Gasteiger partial charge in [-0.2, -0.15) is 0 Å². The minimum atomic E-state index is -1.75. The highest BCUT2D eigenvalue weighted by molar-refractivity contribution is 6.74. The highest BCUT2D eigenvalue weighted by atomic mass is 28.4. The van der Waals surface area contributed by atoms with Crippen molar-refractivity contribution in [2.24, 2.45) is 0 Å². The van der Waals surface area contributed by atoms with Gasteiger partial charge in [0.1, 0.15) is 0 Å². The maximum Gasteiger partial charge on any atom is 0.289 e. The first-order chi connectivity index (χ1) is 5.04. The van der Waals surface area contributed by atoms with Crippen molar-refractivity contribution in [1.29, 1.82) is 0 Å². The third-order valence-electron chi connectivity index (χ3n) is 1.71. The maximum absolute atomic E-state index is 10.7. The molecule has 3 heteroatoms. The zero-order valence-corrected chi connectivity index (χ0v) is 8.52. The molecule has 1 atom stereocenters. The summed E-state index contributed by atoms with van der Waals surface area (Å²) in [5.74, 6) is -0.164. The van der Waals surface area contributed by atoms with E-state index in [1.54, 1.807) is 0 Å². The molecule has 0 saturated heterocycles. The van der Waals surface area contributed by atoms with Crippen molar-refractivity contribution < 1.29 is 9.22 Å². The van der Waals surface area contributed by atoms with E-state index in [1.165, 1.54) is 6.92 Å². The molecule has 0 radical (unpaired) electrons. The quantitative estimate of drug-likeness (QED) is 0.480. The largest absolute Gasteiger partial charge is 0.519 e. The molecule has 0 N–H and O–H groups in total. The summed E-state index contributed by atoms with van der Waals surface area (Å²) in [7, 11) is -1.75. The third-order valence-corrected chi connectivity index (χ3v) is 5.14. The van der Waals surface area contributed by atoms with E-state index in [0.717, 1.165) is 12.1 Å². The van der Waals surface area contributed by atoms with Gasteiger partial charge >= 0.3 is 0 Å². The molecule has 0 aromatic rings. The van der Waals surface area contributed by atoms with Gasteiger partial charge in [0, 0.05) is 6.92 Å². The molecule has 0 aromatic heterocycles. The molecule has 0 aromatic carbocycles. The van der Waals surface area contributed by atoms with Gasteiger partial charge in [0.15, 0.2) is 0 Å². The first-order valence-corrected chi connectivity index (χ1v) is 6.67. The Morgan fingerprint density at radius 2 is 2.27 bits per heavy atom. The van der Waals surface area contributed by atoms with Crippen LogP contribution in [0.4, 0.5) is 0 Å². The lowest BCUT2D eigenvalue weighted by Crippen LogP contribution is -2.34. The van der Waals surface area contributed by atoms with Gasteiger partial charge in [-0.1, -0.05) is 13.0 Å². The van der Waals surface area contributed by atoms with Crippen LogP contribution >= 0.6 is 0 Å². The second-order valence-electron chi connectivity index (χ2n) is 2.89. The first kappa shape index (κ1) is 10.4. The molecule has 11 heavy (non-hydrogen) atoms. The SMILES string of the molecule is C=CC[Si](C)(CC)OC(C)=O. The van der Waals surface area contributed by atoms with Gasteiger partial charge in [-0.25, -0.2) is 0 Å². The van der Waals surface area contributed by atoms with Crippen LogP contribution in [0.1, 0.15) is 13.8 Å². The van der Waals surface area contributed by atoms with Crippen LogP contribution in [0.3, 0.4) is 0 Å². The van der Waals surface area contributed by atoms with E-state index >= 15 is 0 Å². The molecule has 0 aliphatic heterocycles. The van der Waals surface area contributed by atoms with Crippen LogP contribution in [-0.2, 0) is 9.22 Å². The minimum Gasteiger partial charge on any atom is -0.519 e. The zero-order chi connectivity index (χ0) is 8.91. The number of hydrogen-bond acceptors (Lipinski definition) is 2. The molecule has 0 heterocycles. The molecule has 0 aliphatic rings. The predicted molar refractivity (Wildman–Crippen MR) is 48.9 cm³/mol. The topological polar surface area (TPSA) is 26.3 Å². The molecule has 1 unspecified atom stereocenters. The summed E-state index contributed by atoms with van der Waals surface area (Å²) in [4.78, 5) is 10.7. The monoisotopic (exact) mass is 172 g/mol. The molecule has 0 spiro atoms. The van der Waals surface area contributed by atoms with Gasteiger partial charge in [0.25, 0.3) is 14.3 Å². The number of rotatable bonds is 4.